The number of aromatic hydroxyl groups is 1. The predicted molar refractivity (Wildman–Crippen MR) is 129 cm³/mol. The zero-order valence-corrected chi connectivity index (χ0v) is 19.7. The molecule has 3 aromatic rings. The summed E-state index contributed by atoms with van der Waals surface area (Å²) in [5, 5.41) is 23.7. The number of carbonyl (C=O) groups is 1. The molecule has 172 valence electrons. The van der Waals surface area contributed by atoms with E-state index in [4.69, 9.17) is 0 Å². The minimum atomic E-state index is -0.264. The second-order valence-electron chi connectivity index (χ2n) is 10.6. The third-order valence-corrected chi connectivity index (χ3v) is 7.77. The van der Waals surface area contributed by atoms with Gasteiger partial charge in [-0.25, -0.2) is 0 Å². The average molecular weight is 446 g/mol. The quantitative estimate of drug-likeness (QED) is 0.612. The van der Waals surface area contributed by atoms with E-state index in [0.29, 0.717) is 33.8 Å². The Morgan fingerprint density at radius 3 is 2.45 bits per heavy atom. The van der Waals surface area contributed by atoms with Crippen LogP contribution in [-0.4, -0.2) is 46.3 Å². The van der Waals surface area contributed by atoms with Crippen molar-refractivity contribution < 1.29 is 9.90 Å². The fraction of sp³-hybridized carbons (Fsp3) is 0.462. The second kappa shape index (κ2) is 7.68. The largest absolute Gasteiger partial charge is 0.507 e. The number of benzene rings is 1. The van der Waals surface area contributed by atoms with Crippen LogP contribution in [0.4, 0.5) is 5.82 Å². The van der Waals surface area contributed by atoms with Gasteiger partial charge in [-0.2, -0.15) is 0 Å². The molecule has 33 heavy (non-hydrogen) atoms. The van der Waals surface area contributed by atoms with Crippen LogP contribution in [0.3, 0.4) is 0 Å². The van der Waals surface area contributed by atoms with Crippen LogP contribution in [0.5, 0.6) is 5.75 Å². The summed E-state index contributed by atoms with van der Waals surface area (Å²) in [4.78, 5) is 18.4. The van der Waals surface area contributed by atoms with E-state index in [-0.39, 0.29) is 11.7 Å². The molecule has 1 unspecified atom stereocenters. The van der Waals surface area contributed by atoms with Crippen LogP contribution in [0.25, 0.3) is 22.0 Å². The Labute approximate surface area is 194 Å². The van der Waals surface area contributed by atoms with Crippen molar-refractivity contribution in [2.24, 2.45) is 10.8 Å². The molecule has 2 heterocycles. The van der Waals surface area contributed by atoms with Crippen molar-refractivity contribution in [1.82, 2.24) is 20.5 Å². The zero-order chi connectivity index (χ0) is 23.4. The first-order chi connectivity index (χ1) is 15.7. The Kier molecular flexibility index (Phi) is 5.03. The summed E-state index contributed by atoms with van der Waals surface area (Å²) in [5.41, 5.74) is 2.37. The van der Waals surface area contributed by atoms with Crippen LogP contribution in [0.2, 0.25) is 0 Å². The van der Waals surface area contributed by atoms with Crippen molar-refractivity contribution in [3.63, 3.8) is 0 Å². The highest BCUT2D eigenvalue weighted by molar-refractivity contribution is 5.97. The highest BCUT2D eigenvalue weighted by atomic mass is 16.3. The van der Waals surface area contributed by atoms with E-state index in [1.54, 1.807) is 25.4 Å². The van der Waals surface area contributed by atoms with Crippen molar-refractivity contribution >= 4 is 22.5 Å². The number of fused-ring (bicyclic) bond motifs is 3. The molecule has 2 saturated carbocycles. The molecule has 0 aliphatic heterocycles. The van der Waals surface area contributed by atoms with Crippen molar-refractivity contribution in [2.75, 3.05) is 19.0 Å². The Morgan fingerprint density at radius 1 is 1.09 bits per heavy atom. The van der Waals surface area contributed by atoms with E-state index < -0.39 is 0 Å². The number of aromatic nitrogens is 3. The minimum absolute atomic E-state index is 0.0941. The van der Waals surface area contributed by atoms with Gasteiger partial charge in [-0.15, -0.1) is 10.2 Å². The number of carbonyl (C=O) groups excluding carboxylic acids is 1. The van der Waals surface area contributed by atoms with E-state index in [1.165, 1.54) is 32.1 Å². The van der Waals surface area contributed by atoms with Gasteiger partial charge in [0.1, 0.15) is 11.4 Å². The summed E-state index contributed by atoms with van der Waals surface area (Å²) in [5.74, 6) is 0.686. The highest BCUT2D eigenvalue weighted by Gasteiger charge is 2.50. The van der Waals surface area contributed by atoms with E-state index in [9.17, 15) is 9.90 Å². The molecular formula is C26H31N5O2. The Bertz CT molecular complexity index is 1210. The van der Waals surface area contributed by atoms with Crippen LogP contribution in [0.1, 0.15) is 56.4 Å². The average Bonchev–Trinajstić information content (AvgIpc) is 3.03. The summed E-state index contributed by atoms with van der Waals surface area (Å²) >= 11 is 0. The van der Waals surface area contributed by atoms with Crippen molar-refractivity contribution in [1.29, 1.82) is 0 Å². The summed E-state index contributed by atoms with van der Waals surface area (Å²) in [6.07, 6.45) is 7.99. The van der Waals surface area contributed by atoms with E-state index in [1.807, 2.05) is 18.2 Å². The van der Waals surface area contributed by atoms with Crippen LogP contribution >= 0.6 is 0 Å². The standard InChI is InChI=1S/C26H31N5O2/c1-25-7-8-26(2,15-25)13-18(12-25)31(4)23-6-5-20(29-30-23)19-9-17-14-28-21(24(33)27-3)10-16(17)11-22(19)32/h5-6,9-11,14,18,32H,7-8,12-13,15H2,1-4H3,(H,27,33)/t18?,25-,26+. The Morgan fingerprint density at radius 2 is 1.82 bits per heavy atom. The Hall–Kier alpha value is -3.22. The lowest BCUT2D eigenvalue weighted by Gasteiger charge is -2.44. The summed E-state index contributed by atoms with van der Waals surface area (Å²) in [6, 6.07) is 9.50. The van der Waals surface area contributed by atoms with Gasteiger partial charge < -0.3 is 15.3 Å². The van der Waals surface area contributed by atoms with E-state index >= 15 is 0 Å². The maximum atomic E-state index is 11.8. The number of amides is 1. The predicted octanol–water partition coefficient (Wildman–Crippen LogP) is 4.55. The molecule has 1 amide bonds. The van der Waals surface area contributed by atoms with Gasteiger partial charge in [0.25, 0.3) is 5.91 Å². The fourth-order valence-electron chi connectivity index (χ4n) is 6.13. The van der Waals surface area contributed by atoms with Crippen LogP contribution in [0, 0.1) is 10.8 Å². The molecule has 2 bridgehead atoms. The smallest absolute Gasteiger partial charge is 0.269 e. The van der Waals surface area contributed by atoms with Gasteiger partial charge in [0.15, 0.2) is 5.82 Å². The summed E-state index contributed by atoms with van der Waals surface area (Å²) < 4.78 is 0. The molecule has 2 fully saturated rings. The number of nitrogens with zero attached hydrogens (tertiary/aromatic N) is 4. The van der Waals surface area contributed by atoms with Crippen molar-refractivity contribution in [2.45, 2.75) is 52.0 Å². The lowest BCUT2D eigenvalue weighted by molar-refractivity contribution is 0.0958. The minimum Gasteiger partial charge on any atom is -0.507 e. The van der Waals surface area contributed by atoms with Crippen molar-refractivity contribution in [3.8, 4) is 17.0 Å². The molecule has 2 N–H and O–H groups in total. The molecular weight excluding hydrogens is 414 g/mol. The normalized spacial score (nSPS) is 26.4. The first kappa shape index (κ1) is 21.6. The zero-order valence-electron chi connectivity index (χ0n) is 19.7. The maximum Gasteiger partial charge on any atom is 0.269 e. The lowest BCUT2D eigenvalue weighted by Crippen LogP contribution is -2.42. The molecule has 0 radical (unpaired) electrons. The molecule has 0 saturated heterocycles. The van der Waals surface area contributed by atoms with Gasteiger partial charge in [-0.1, -0.05) is 13.8 Å². The van der Waals surface area contributed by atoms with Gasteiger partial charge in [-0.05, 0) is 78.7 Å². The van der Waals surface area contributed by atoms with Crippen LogP contribution in [0.15, 0.2) is 36.5 Å². The number of hydrogen-bond acceptors (Lipinski definition) is 6. The van der Waals surface area contributed by atoms with Gasteiger partial charge >= 0.3 is 0 Å². The first-order valence-electron chi connectivity index (χ1n) is 11.6. The number of phenols is 1. The molecule has 1 aromatic carbocycles. The van der Waals surface area contributed by atoms with E-state index in [0.717, 1.165) is 16.6 Å². The third kappa shape index (κ3) is 3.90. The fourth-order valence-corrected chi connectivity index (χ4v) is 6.13. The number of rotatable bonds is 4. The molecule has 3 atom stereocenters. The molecule has 7 heteroatoms. The van der Waals surface area contributed by atoms with Crippen LogP contribution < -0.4 is 10.2 Å². The number of pyridine rings is 1. The van der Waals surface area contributed by atoms with Gasteiger partial charge in [0.2, 0.25) is 0 Å². The molecule has 2 aliphatic rings. The van der Waals surface area contributed by atoms with Gasteiger partial charge in [0.05, 0.1) is 5.69 Å². The second-order valence-corrected chi connectivity index (χ2v) is 10.6. The molecule has 7 nitrogen and oxygen atoms in total. The maximum absolute atomic E-state index is 11.8. The van der Waals surface area contributed by atoms with E-state index in [2.05, 4.69) is 46.3 Å². The molecule has 2 aliphatic carbocycles. The molecule has 2 aromatic heterocycles. The third-order valence-electron chi connectivity index (χ3n) is 7.77. The number of hydrogen-bond donors (Lipinski definition) is 2. The number of anilines is 1. The SMILES string of the molecule is CNC(=O)c1cc2cc(O)c(-c3ccc(N(C)C4C[C@]5(C)CC[C@](C)(C4)C5)nn3)cc2cn1. The summed E-state index contributed by atoms with van der Waals surface area (Å²) in [7, 11) is 3.68. The monoisotopic (exact) mass is 445 g/mol. The van der Waals surface area contributed by atoms with Gasteiger partial charge in [0, 0.05) is 37.3 Å². The molecule has 0 spiro atoms. The number of phenolic OH excluding ortho intramolecular Hbond substituents is 1. The van der Waals surface area contributed by atoms with Crippen molar-refractivity contribution in [3.05, 3.63) is 42.2 Å². The van der Waals surface area contributed by atoms with Gasteiger partial charge in [-0.3, -0.25) is 9.78 Å². The lowest BCUT2D eigenvalue weighted by atomic mass is 9.68. The topological polar surface area (TPSA) is 91.2 Å². The highest BCUT2D eigenvalue weighted by Crippen LogP contribution is 2.58. The Balaban J connectivity index is 1.40. The summed E-state index contributed by atoms with van der Waals surface area (Å²) in [6.45, 7) is 4.87. The van der Waals surface area contributed by atoms with Crippen LogP contribution in [-0.2, 0) is 0 Å². The number of nitrogens with one attached hydrogen (secondary N) is 1. The molecule has 5 rings (SSSR count). The first-order valence-corrected chi connectivity index (χ1v) is 11.6.